The minimum Gasteiger partial charge on any atom is -0.342 e. The number of fused-ring (bicyclic) bond motifs is 1. The molecule has 4 nitrogen and oxygen atoms in total. The number of carbonyl (C=O) groups is 1. The lowest BCUT2D eigenvalue weighted by Gasteiger charge is -2.24. The number of benzene rings is 3. The molecule has 0 aliphatic rings. The van der Waals surface area contributed by atoms with Gasteiger partial charge in [-0.05, 0) is 96.3 Å². The van der Waals surface area contributed by atoms with E-state index in [-0.39, 0.29) is 23.2 Å². The number of imidazole rings is 1. The smallest absolute Gasteiger partial charge is 0.251 e. The van der Waals surface area contributed by atoms with Crippen molar-refractivity contribution in [2.45, 2.75) is 59.0 Å². The van der Waals surface area contributed by atoms with Crippen molar-refractivity contribution in [3.05, 3.63) is 100 Å². The first-order valence-corrected chi connectivity index (χ1v) is 14.1. The van der Waals surface area contributed by atoms with Gasteiger partial charge in [0.05, 0.1) is 17.1 Å². The number of hydrogen-bond donors (Lipinski definition) is 1. The molecule has 1 N–H and O–H groups in total. The molecule has 0 saturated heterocycles. The summed E-state index contributed by atoms with van der Waals surface area (Å²) in [6.07, 6.45) is 2.80. The highest BCUT2D eigenvalue weighted by molar-refractivity contribution is 7.98. The number of rotatable bonds is 8. The monoisotopic (exact) mass is 517 g/mol. The highest BCUT2D eigenvalue weighted by Crippen LogP contribution is 2.30. The van der Waals surface area contributed by atoms with E-state index < -0.39 is 0 Å². The van der Waals surface area contributed by atoms with Gasteiger partial charge in [-0.15, -0.1) is 0 Å². The number of carbonyl (C=O) groups excluding carboxylic acids is 1. The molecule has 0 bridgehead atoms. The van der Waals surface area contributed by atoms with Crippen molar-refractivity contribution in [2.75, 3.05) is 12.0 Å². The number of nitrogens with zero attached hydrogens (tertiary/aromatic N) is 2. The summed E-state index contributed by atoms with van der Waals surface area (Å²) in [7, 11) is 0. The van der Waals surface area contributed by atoms with Gasteiger partial charge in [0, 0.05) is 12.1 Å². The summed E-state index contributed by atoms with van der Waals surface area (Å²) in [5.74, 6) is 1.12. The maximum absolute atomic E-state index is 13.4. The molecule has 37 heavy (non-hydrogen) atoms. The molecule has 1 aromatic heterocycles. The van der Waals surface area contributed by atoms with Gasteiger partial charge < -0.3 is 9.88 Å². The van der Waals surface area contributed by atoms with Gasteiger partial charge in [-0.3, -0.25) is 4.79 Å². The lowest BCUT2D eigenvalue weighted by atomic mass is 9.84. The van der Waals surface area contributed by atoms with Gasteiger partial charge in [0.15, 0.2) is 0 Å². The fourth-order valence-electron chi connectivity index (χ4n) is 4.70. The number of para-hydroxylation sites is 2. The second-order valence-corrected chi connectivity index (χ2v) is 11.7. The minimum absolute atomic E-state index is 0.0778. The van der Waals surface area contributed by atoms with E-state index in [2.05, 4.69) is 69.0 Å². The van der Waals surface area contributed by atoms with Crippen LogP contribution in [0.15, 0.2) is 60.7 Å². The Morgan fingerprint density at radius 3 is 2.32 bits per heavy atom. The molecular weight excluding hydrogens is 481 g/mol. The molecule has 194 valence electrons. The SMILES string of the molecule is CSCC[C@@H](NC(=O)c1ccc(F)cc1)c1nc2ccccc2n1Cc1c(C)cc(C(C)(C)C)cc1C. The molecule has 3 aromatic carbocycles. The first kappa shape index (κ1) is 26.9. The predicted molar refractivity (Wildman–Crippen MR) is 153 cm³/mol. The van der Waals surface area contributed by atoms with Gasteiger partial charge in [-0.1, -0.05) is 45.0 Å². The van der Waals surface area contributed by atoms with Crippen molar-refractivity contribution in [1.82, 2.24) is 14.9 Å². The highest BCUT2D eigenvalue weighted by Gasteiger charge is 2.24. The van der Waals surface area contributed by atoms with Crippen LogP contribution < -0.4 is 5.32 Å². The van der Waals surface area contributed by atoms with Crippen molar-refractivity contribution in [1.29, 1.82) is 0 Å². The van der Waals surface area contributed by atoms with Crippen molar-refractivity contribution in [3.8, 4) is 0 Å². The molecule has 0 saturated carbocycles. The van der Waals surface area contributed by atoms with Crippen molar-refractivity contribution in [2.24, 2.45) is 0 Å². The summed E-state index contributed by atoms with van der Waals surface area (Å²) in [5.41, 5.74) is 7.56. The third-order valence-electron chi connectivity index (χ3n) is 6.90. The zero-order chi connectivity index (χ0) is 26.7. The van der Waals surface area contributed by atoms with Crippen LogP contribution in [0.25, 0.3) is 11.0 Å². The highest BCUT2D eigenvalue weighted by atomic mass is 32.2. The molecule has 0 spiro atoms. The maximum Gasteiger partial charge on any atom is 0.251 e. The molecule has 1 amide bonds. The standard InChI is InChI=1S/C31H36FN3OS/c1-20-17-23(31(3,4)5)18-21(2)25(20)19-35-28-10-8-7-9-26(28)33-29(35)27(15-16-37-6)34-30(36)22-11-13-24(32)14-12-22/h7-14,17-18,27H,15-16,19H2,1-6H3,(H,34,36)/t27-/m1/s1. The van der Waals surface area contributed by atoms with E-state index in [4.69, 9.17) is 4.98 Å². The van der Waals surface area contributed by atoms with Crippen molar-refractivity contribution < 1.29 is 9.18 Å². The number of thioether (sulfide) groups is 1. The molecule has 1 atom stereocenters. The maximum atomic E-state index is 13.4. The fourth-order valence-corrected chi connectivity index (χ4v) is 5.18. The van der Waals surface area contributed by atoms with Crippen molar-refractivity contribution in [3.63, 3.8) is 0 Å². The van der Waals surface area contributed by atoms with Gasteiger partial charge in [0.1, 0.15) is 11.6 Å². The van der Waals surface area contributed by atoms with Crippen LogP contribution in [-0.4, -0.2) is 27.5 Å². The summed E-state index contributed by atoms with van der Waals surface area (Å²) < 4.78 is 15.7. The topological polar surface area (TPSA) is 46.9 Å². The summed E-state index contributed by atoms with van der Waals surface area (Å²) in [6, 6.07) is 18.1. The molecule has 0 aliphatic heterocycles. The van der Waals surface area contributed by atoms with Crippen LogP contribution in [0.5, 0.6) is 0 Å². The third-order valence-corrected chi connectivity index (χ3v) is 7.54. The Balaban J connectivity index is 1.77. The van der Waals surface area contributed by atoms with E-state index in [9.17, 15) is 9.18 Å². The second-order valence-electron chi connectivity index (χ2n) is 10.7. The van der Waals surface area contributed by atoms with Crippen LogP contribution in [-0.2, 0) is 12.0 Å². The number of amides is 1. The largest absolute Gasteiger partial charge is 0.342 e. The van der Waals surface area contributed by atoms with E-state index in [1.807, 2.05) is 18.2 Å². The molecule has 0 aliphatic carbocycles. The predicted octanol–water partition coefficient (Wildman–Crippen LogP) is 7.36. The van der Waals surface area contributed by atoms with Crippen LogP contribution in [0, 0.1) is 19.7 Å². The normalized spacial score (nSPS) is 12.6. The van der Waals surface area contributed by atoms with Gasteiger partial charge in [-0.25, -0.2) is 9.37 Å². The fraction of sp³-hybridized carbons (Fsp3) is 0.355. The Morgan fingerprint density at radius 1 is 1.05 bits per heavy atom. The molecule has 0 radical (unpaired) electrons. The summed E-state index contributed by atoms with van der Waals surface area (Å²) in [5, 5.41) is 3.19. The van der Waals surface area contributed by atoms with Crippen LogP contribution in [0.1, 0.15) is 71.7 Å². The Kier molecular flexibility index (Phi) is 8.08. The zero-order valence-corrected chi connectivity index (χ0v) is 23.4. The van der Waals surface area contributed by atoms with Gasteiger partial charge >= 0.3 is 0 Å². The average Bonchev–Trinajstić information content (AvgIpc) is 3.21. The molecular formula is C31H36FN3OS. The molecule has 0 fully saturated rings. The molecule has 1 heterocycles. The first-order chi connectivity index (χ1) is 17.6. The number of aryl methyl sites for hydroxylation is 2. The van der Waals surface area contributed by atoms with Gasteiger partial charge in [-0.2, -0.15) is 11.8 Å². The lowest BCUT2D eigenvalue weighted by Crippen LogP contribution is -2.31. The Morgan fingerprint density at radius 2 is 1.70 bits per heavy atom. The lowest BCUT2D eigenvalue weighted by molar-refractivity contribution is 0.0933. The summed E-state index contributed by atoms with van der Waals surface area (Å²) >= 11 is 1.74. The summed E-state index contributed by atoms with van der Waals surface area (Å²) in [4.78, 5) is 18.2. The average molecular weight is 518 g/mol. The van der Waals surface area contributed by atoms with E-state index in [0.717, 1.165) is 29.0 Å². The van der Waals surface area contributed by atoms with Gasteiger partial charge in [0.25, 0.3) is 5.91 Å². The Bertz CT molecular complexity index is 1380. The van der Waals surface area contributed by atoms with E-state index in [1.165, 1.54) is 46.5 Å². The first-order valence-electron chi connectivity index (χ1n) is 12.7. The molecule has 4 rings (SSSR count). The summed E-state index contributed by atoms with van der Waals surface area (Å²) in [6.45, 7) is 11.7. The Labute approximate surface area is 223 Å². The minimum atomic E-state index is -0.361. The number of aromatic nitrogens is 2. The van der Waals surface area contributed by atoms with Crippen LogP contribution in [0.4, 0.5) is 4.39 Å². The van der Waals surface area contributed by atoms with Crippen molar-refractivity contribution >= 4 is 28.7 Å². The second kappa shape index (κ2) is 11.1. The molecule has 0 unspecified atom stereocenters. The quantitative estimate of drug-likeness (QED) is 0.266. The van der Waals surface area contributed by atoms with Crippen LogP contribution in [0.2, 0.25) is 0 Å². The van der Waals surface area contributed by atoms with Gasteiger partial charge in [0.2, 0.25) is 0 Å². The van der Waals surface area contributed by atoms with E-state index >= 15 is 0 Å². The number of halogens is 1. The molecule has 4 aromatic rings. The molecule has 6 heteroatoms. The zero-order valence-electron chi connectivity index (χ0n) is 22.6. The number of hydrogen-bond acceptors (Lipinski definition) is 3. The third kappa shape index (κ3) is 6.07. The van der Waals surface area contributed by atoms with E-state index in [0.29, 0.717) is 12.1 Å². The number of nitrogens with one attached hydrogen (secondary N) is 1. The van der Waals surface area contributed by atoms with Crippen LogP contribution >= 0.6 is 11.8 Å². The Hall–Kier alpha value is -3.12. The van der Waals surface area contributed by atoms with E-state index in [1.54, 1.807) is 11.8 Å². The van der Waals surface area contributed by atoms with Crippen LogP contribution in [0.3, 0.4) is 0 Å².